The van der Waals surface area contributed by atoms with E-state index in [0.29, 0.717) is 23.6 Å². The number of fused-ring (bicyclic) bond motifs is 1. The van der Waals surface area contributed by atoms with E-state index < -0.39 is 0 Å². The lowest BCUT2D eigenvalue weighted by Crippen LogP contribution is -2.04. The van der Waals surface area contributed by atoms with Crippen LogP contribution in [0.4, 0.5) is 5.82 Å². The largest absolute Gasteiger partial charge is 0.365 e. The molecule has 0 saturated carbocycles. The van der Waals surface area contributed by atoms with E-state index >= 15 is 0 Å². The minimum Gasteiger partial charge on any atom is -0.365 e. The van der Waals surface area contributed by atoms with E-state index in [-0.39, 0.29) is 0 Å². The van der Waals surface area contributed by atoms with Gasteiger partial charge in [0, 0.05) is 6.54 Å². The molecule has 0 spiro atoms. The molecule has 0 aliphatic heterocycles. The molecule has 0 fully saturated rings. The number of aromatic nitrogens is 5. The minimum atomic E-state index is 0.580. The van der Waals surface area contributed by atoms with Gasteiger partial charge in [-0.05, 0) is 40.3 Å². The van der Waals surface area contributed by atoms with Gasteiger partial charge in [-0.25, -0.2) is 0 Å². The quantitative estimate of drug-likeness (QED) is 0.746. The number of tetrazole rings is 1. The third-order valence-corrected chi connectivity index (χ3v) is 2.60. The zero-order valence-electron chi connectivity index (χ0n) is 9.85. The van der Waals surface area contributed by atoms with Crippen molar-refractivity contribution in [3.8, 4) is 6.07 Å². The van der Waals surface area contributed by atoms with E-state index in [2.05, 4.69) is 32.0 Å². The highest BCUT2D eigenvalue weighted by molar-refractivity contribution is 5.43. The third kappa shape index (κ3) is 2.32. The van der Waals surface area contributed by atoms with Crippen LogP contribution in [0.3, 0.4) is 0 Å². The fourth-order valence-electron chi connectivity index (χ4n) is 1.69. The molecule has 1 aromatic carbocycles. The number of nitrogens with one attached hydrogen (secondary N) is 1. The van der Waals surface area contributed by atoms with Crippen molar-refractivity contribution in [2.75, 3.05) is 5.32 Å². The Morgan fingerprint density at radius 3 is 3.11 bits per heavy atom. The predicted octanol–water partition coefficient (Wildman–Crippen LogP) is 1.00. The molecular weight excluding hydrogens is 242 g/mol. The SMILES string of the molecule is N#Cc1cccc(CNc2ccc3nnnn3n2)c1. The van der Waals surface area contributed by atoms with Crippen molar-refractivity contribution in [1.29, 1.82) is 5.26 Å². The number of nitrogens with zero attached hydrogens (tertiary/aromatic N) is 6. The second kappa shape index (κ2) is 4.70. The summed E-state index contributed by atoms with van der Waals surface area (Å²) in [5.74, 6) is 0.669. The van der Waals surface area contributed by atoms with Gasteiger partial charge in [0.1, 0.15) is 5.82 Å². The van der Waals surface area contributed by atoms with Crippen molar-refractivity contribution in [2.24, 2.45) is 0 Å². The van der Waals surface area contributed by atoms with Crippen LogP contribution in [-0.2, 0) is 6.54 Å². The van der Waals surface area contributed by atoms with Gasteiger partial charge in [0.2, 0.25) is 0 Å². The molecule has 92 valence electrons. The van der Waals surface area contributed by atoms with E-state index in [1.807, 2.05) is 18.2 Å². The van der Waals surface area contributed by atoms with Gasteiger partial charge in [-0.2, -0.15) is 5.26 Å². The smallest absolute Gasteiger partial charge is 0.200 e. The fraction of sp³-hybridized carbons (Fsp3) is 0.0833. The van der Waals surface area contributed by atoms with Gasteiger partial charge in [0.15, 0.2) is 5.65 Å². The molecule has 7 heteroatoms. The van der Waals surface area contributed by atoms with Crippen LogP contribution < -0.4 is 5.32 Å². The molecule has 0 amide bonds. The Kier molecular flexibility index (Phi) is 2.74. The van der Waals surface area contributed by atoms with Crippen molar-refractivity contribution in [2.45, 2.75) is 6.54 Å². The Morgan fingerprint density at radius 1 is 1.26 bits per heavy atom. The monoisotopic (exact) mass is 251 g/mol. The van der Waals surface area contributed by atoms with E-state index in [0.717, 1.165) is 5.56 Å². The van der Waals surface area contributed by atoms with Gasteiger partial charge in [0.05, 0.1) is 11.6 Å². The van der Waals surface area contributed by atoms with Crippen molar-refractivity contribution in [3.05, 3.63) is 47.5 Å². The third-order valence-electron chi connectivity index (χ3n) is 2.60. The lowest BCUT2D eigenvalue weighted by Gasteiger charge is -2.05. The average Bonchev–Trinajstić information content (AvgIpc) is 2.93. The van der Waals surface area contributed by atoms with Crippen LogP contribution in [0.25, 0.3) is 5.65 Å². The van der Waals surface area contributed by atoms with Crippen LogP contribution in [0, 0.1) is 11.3 Å². The van der Waals surface area contributed by atoms with E-state index in [4.69, 9.17) is 5.26 Å². The molecule has 19 heavy (non-hydrogen) atoms. The number of benzene rings is 1. The Balaban J connectivity index is 1.76. The summed E-state index contributed by atoms with van der Waals surface area (Å²) < 4.78 is 1.36. The van der Waals surface area contributed by atoms with Crippen LogP contribution in [0.2, 0.25) is 0 Å². The predicted molar refractivity (Wildman–Crippen MR) is 67.1 cm³/mol. The van der Waals surface area contributed by atoms with E-state index in [1.165, 1.54) is 4.63 Å². The summed E-state index contributed by atoms with van der Waals surface area (Å²) >= 11 is 0. The molecule has 3 aromatic rings. The number of rotatable bonds is 3. The highest BCUT2D eigenvalue weighted by Gasteiger charge is 2.01. The molecule has 0 atom stereocenters. The van der Waals surface area contributed by atoms with Gasteiger partial charge >= 0.3 is 0 Å². The first-order valence-electron chi connectivity index (χ1n) is 5.63. The topological polar surface area (TPSA) is 91.8 Å². The highest BCUT2D eigenvalue weighted by atomic mass is 15.6. The molecule has 3 rings (SSSR count). The summed E-state index contributed by atoms with van der Waals surface area (Å²) in [7, 11) is 0. The van der Waals surface area contributed by atoms with Gasteiger partial charge in [-0.3, -0.25) is 0 Å². The number of hydrogen-bond acceptors (Lipinski definition) is 6. The maximum absolute atomic E-state index is 8.83. The Labute approximate surface area is 108 Å². The first-order chi connectivity index (χ1) is 9.35. The standard InChI is InChI=1S/C12H9N7/c13-7-9-2-1-3-10(6-9)8-14-11-4-5-12-15-17-18-19(12)16-11/h1-6H,8H2,(H,14,16). The second-order valence-corrected chi connectivity index (χ2v) is 3.91. The molecular formula is C12H9N7. The molecule has 0 bridgehead atoms. The van der Waals surface area contributed by atoms with Crippen molar-refractivity contribution >= 4 is 11.5 Å². The summed E-state index contributed by atoms with van der Waals surface area (Å²) in [5, 5.41) is 27.2. The van der Waals surface area contributed by atoms with Gasteiger partial charge in [0.25, 0.3) is 0 Å². The molecule has 2 heterocycles. The van der Waals surface area contributed by atoms with Crippen LogP contribution in [0.5, 0.6) is 0 Å². The van der Waals surface area contributed by atoms with Crippen LogP contribution in [0.1, 0.15) is 11.1 Å². The number of hydrogen-bond donors (Lipinski definition) is 1. The fourth-order valence-corrected chi connectivity index (χ4v) is 1.69. The Bertz CT molecular complexity index is 756. The molecule has 0 aliphatic rings. The van der Waals surface area contributed by atoms with Crippen molar-refractivity contribution in [3.63, 3.8) is 0 Å². The maximum atomic E-state index is 8.83. The molecule has 7 nitrogen and oxygen atoms in total. The summed E-state index contributed by atoms with van der Waals surface area (Å²) in [5.41, 5.74) is 2.25. The van der Waals surface area contributed by atoms with E-state index in [9.17, 15) is 0 Å². The molecule has 2 aromatic heterocycles. The lowest BCUT2D eigenvalue weighted by molar-refractivity contribution is 0.734. The molecule has 1 N–H and O–H groups in total. The Hall–Kier alpha value is -3.01. The zero-order valence-corrected chi connectivity index (χ0v) is 9.85. The summed E-state index contributed by atoms with van der Waals surface area (Å²) in [6, 6.07) is 13.1. The van der Waals surface area contributed by atoms with Gasteiger partial charge in [-0.1, -0.05) is 12.1 Å². The summed E-state index contributed by atoms with van der Waals surface area (Å²) in [6.45, 7) is 0.580. The normalized spacial score (nSPS) is 10.3. The minimum absolute atomic E-state index is 0.580. The molecule has 0 radical (unpaired) electrons. The zero-order chi connectivity index (χ0) is 13.1. The van der Waals surface area contributed by atoms with Gasteiger partial charge < -0.3 is 5.32 Å². The average molecular weight is 251 g/mol. The van der Waals surface area contributed by atoms with Gasteiger partial charge in [-0.15, -0.1) is 14.8 Å². The van der Waals surface area contributed by atoms with Crippen LogP contribution in [-0.4, -0.2) is 25.3 Å². The first-order valence-corrected chi connectivity index (χ1v) is 5.63. The number of nitriles is 1. The molecule has 0 saturated heterocycles. The summed E-state index contributed by atoms with van der Waals surface area (Å²) in [6.07, 6.45) is 0. The Morgan fingerprint density at radius 2 is 2.21 bits per heavy atom. The highest BCUT2D eigenvalue weighted by Crippen LogP contribution is 2.08. The van der Waals surface area contributed by atoms with Crippen LogP contribution in [0.15, 0.2) is 36.4 Å². The first kappa shape index (κ1) is 11.1. The molecule has 0 aliphatic carbocycles. The van der Waals surface area contributed by atoms with E-state index in [1.54, 1.807) is 18.2 Å². The lowest BCUT2D eigenvalue weighted by atomic mass is 10.1. The van der Waals surface area contributed by atoms with Crippen molar-refractivity contribution < 1.29 is 0 Å². The summed E-state index contributed by atoms with van der Waals surface area (Å²) in [4.78, 5) is 0. The second-order valence-electron chi connectivity index (χ2n) is 3.91. The van der Waals surface area contributed by atoms with Crippen LogP contribution >= 0.6 is 0 Å². The van der Waals surface area contributed by atoms with Crippen molar-refractivity contribution in [1.82, 2.24) is 25.3 Å². The number of anilines is 1. The maximum Gasteiger partial charge on any atom is 0.200 e. The molecule has 0 unspecified atom stereocenters.